The summed E-state index contributed by atoms with van der Waals surface area (Å²) in [6.07, 6.45) is -1.99. The van der Waals surface area contributed by atoms with Gasteiger partial charge in [0.05, 0.1) is 35.9 Å². The van der Waals surface area contributed by atoms with E-state index in [1.54, 1.807) is 13.8 Å². The first-order chi connectivity index (χ1) is 18.2. The summed E-state index contributed by atoms with van der Waals surface area (Å²) in [6.45, 7) is 3.53. The molecule has 8 N–H and O–H groups in total. The number of benzene rings is 1. The van der Waals surface area contributed by atoms with E-state index in [0.717, 1.165) is 0 Å². The van der Waals surface area contributed by atoms with Crippen molar-refractivity contribution < 1.29 is 49.4 Å². The van der Waals surface area contributed by atoms with Crippen LogP contribution in [0.1, 0.15) is 37.3 Å². The molecule has 13 heteroatoms. The number of fused-ring (bicyclic) bond motifs is 3. The number of nitrogens with two attached hydrogens (primary N) is 1. The smallest absolute Gasteiger partial charge is 0.411 e. The van der Waals surface area contributed by atoms with Gasteiger partial charge in [-0.15, -0.1) is 0 Å². The first-order valence-corrected chi connectivity index (χ1v) is 12.3. The Balaban J connectivity index is 1.94. The van der Waals surface area contributed by atoms with E-state index in [0.29, 0.717) is 12.0 Å². The van der Waals surface area contributed by atoms with Crippen molar-refractivity contribution in [2.45, 2.75) is 43.9 Å². The van der Waals surface area contributed by atoms with Crippen LogP contribution in [0.15, 0.2) is 29.0 Å². The molecule has 0 aromatic heterocycles. The Morgan fingerprint density at radius 3 is 2.38 bits per heavy atom. The maximum Gasteiger partial charge on any atom is 0.411 e. The number of aliphatic hydroxyl groups is 4. The maximum atomic E-state index is 13.9. The summed E-state index contributed by atoms with van der Waals surface area (Å²) in [4.78, 5) is 52.6. The molecule has 0 heterocycles. The molecule has 1 saturated carbocycles. The van der Waals surface area contributed by atoms with Gasteiger partial charge in [0.15, 0.2) is 11.4 Å². The molecule has 2 amide bonds. The number of rotatable bonds is 5. The summed E-state index contributed by atoms with van der Waals surface area (Å²) in [7, 11) is 2.86. The number of nitrogens with zero attached hydrogens (tertiary/aromatic N) is 1. The summed E-state index contributed by atoms with van der Waals surface area (Å²) in [5, 5.41) is 58.8. The number of phenolic OH excluding ortho intramolecular Hbond substituents is 1. The number of ether oxygens (including phenoxy) is 1. The normalized spacial score (nSPS) is 30.1. The number of aliphatic hydroxyl groups excluding tert-OH is 3. The second-order valence-electron chi connectivity index (χ2n) is 10.2. The Morgan fingerprint density at radius 1 is 1.18 bits per heavy atom. The molecule has 6 unspecified atom stereocenters. The van der Waals surface area contributed by atoms with E-state index in [1.165, 1.54) is 31.1 Å². The Kier molecular flexibility index (Phi) is 6.96. The van der Waals surface area contributed by atoms with Crippen LogP contribution in [0.2, 0.25) is 0 Å². The van der Waals surface area contributed by atoms with Crippen molar-refractivity contribution in [3.63, 3.8) is 0 Å². The van der Waals surface area contributed by atoms with Crippen molar-refractivity contribution in [3.8, 4) is 5.75 Å². The zero-order chi connectivity index (χ0) is 29.1. The number of ketones is 2. The van der Waals surface area contributed by atoms with Gasteiger partial charge < -0.3 is 36.0 Å². The molecule has 0 radical (unpaired) electrons. The molecular formula is C26H31N3O10. The van der Waals surface area contributed by atoms with Crippen molar-refractivity contribution >= 4 is 35.0 Å². The summed E-state index contributed by atoms with van der Waals surface area (Å²) < 4.78 is 4.95. The van der Waals surface area contributed by atoms with E-state index in [4.69, 9.17) is 10.5 Å². The molecule has 3 aliphatic rings. The first kappa shape index (κ1) is 28.1. The molecule has 0 saturated heterocycles. The van der Waals surface area contributed by atoms with Crippen LogP contribution >= 0.6 is 0 Å². The SMILES string of the molecule is CCCOC(=O)Nc1ccc2c(c1O)C(O)=C1C(=O)C3(O)C(O)=C(C(N)=O)C(=O)C(N(C)C)C3C(O)C1C2C. The summed E-state index contributed by atoms with van der Waals surface area (Å²) >= 11 is 0. The fraction of sp³-hybridized carbons (Fsp3) is 0.462. The molecule has 210 valence electrons. The Bertz CT molecular complexity index is 1350. The summed E-state index contributed by atoms with van der Waals surface area (Å²) in [6, 6.07) is 1.42. The molecule has 3 aliphatic carbocycles. The van der Waals surface area contributed by atoms with Crippen LogP contribution in [0.5, 0.6) is 5.75 Å². The molecule has 4 rings (SSSR count). The van der Waals surface area contributed by atoms with Gasteiger partial charge in [0.25, 0.3) is 5.91 Å². The fourth-order valence-corrected chi connectivity index (χ4v) is 6.06. The number of carbonyl (C=O) groups is 4. The van der Waals surface area contributed by atoms with Crippen molar-refractivity contribution in [3.05, 3.63) is 40.2 Å². The molecule has 1 aromatic rings. The van der Waals surface area contributed by atoms with Crippen LogP contribution < -0.4 is 11.1 Å². The number of carbonyl (C=O) groups excluding carboxylic acids is 4. The van der Waals surface area contributed by atoms with Crippen LogP contribution in [0, 0.1) is 11.8 Å². The third-order valence-corrected chi connectivity index (χ3v) is 7.80. The minimum Gasteiger partial charge on any atom is -0.508 e. The Morgan fingerprint density at radius 2 is 1.82 bits per heavy atom. The van der Waals surface area contributed by atoms with Gasteiger partial charge >= 0.3 is 6.09 Å². The van der Waals surface area contributed by atoms with E-state index >= 15 is 0 Å². The van der Waals surface area contributed by atoms with Gasteiger partial charge in [0, 0.05) is 11.5 Å². The van der Waals surface area contributed by atoms with E-state index in [9.17, 15) is 44.7 Å². The number of phenols is 1. The van der Waals surface area contributed by atoms with Gasteiger partial charge in [-0.2, -0.15) is 0 Å². The number of anilines is 1. The minimum atomic E-state index is -3.00. The lowest BCUT2D eigenvalue weighted by Gasteiger charge is -2.53. The molecular weight excluding hydrogens is 514 g/mol. The lowest BCUT2D eigenvalue weighted by atomic mass is 9.54. The average Bonchev–Trinajstić information content (AvgIpc) is 2.85. The molecule has 6 atom stereocenters. The molecule has 13 nitrogen and oxygen atoms in total. The van der Waals surface area contributed by atoms with E-state index in [-0.39, 0.29) is 17.9 Å². The van der Waals surface area contributed by atoms with Crippen LogP contribution in [0.4, 0.5) is 10.5 Å². The minimum absolute atomic E-state index is 0.123. The highest BCUT2D eigenvalue weighted by Gasteiger charge is 2.68. The van der Waals surface area contributed by atoms with Crippen molar-refractivity contribution in [2.24, 2.45) is 17.6 Å². The number of likely N-dealkylation sites (N-methyl/N-ethyl adjacent to an activating group) is 1. The number of hydrogen-bond donors (Lipinski definition) is 7. The van der Waals surface area contributed by atoms with Gasteiger partial charge in [-0.05, 0) is 38.1 Å². The Hall–Kier alpha value is -3.94. The predicted molar refractivity (Wildman–Crippen MR) is 136 cm³/mol. The van der Waals surface area contributed by atoms with Gasteiger partial charge in [-0.1, -0.05) is 19.9 Å². The lowest BCUT2D eigenvalue weighted by molar-refractivity contribution is -0.169. The molecule has 1 aromatic carbocycles. The first-order valence-electron chi connectivity index (χ1n) is 12.3. The van der Waals surface area contributed by atoms with Crippen LogP contribution in [0.25, 0.3) is 5.76 Å². The zero-order valence-corrected chi connectivity index (χ0v) is 21.8. The monoisotopic (exact) mass is 545 g/mol. The van der Waals surface area contributed by atoms with Crippen LogP contribution in [-0.4, -0.2) is 92.4 Å². The van der Waals surface area contributed by atoms with Crippen molar-refractivity contribution in [2.75, 3.05) is 26.0 Å². The molecule has 39 heavy (non-hydrogen) atoms. The van der Waals surface area contributed by atoms with Crippen molar-refractivity contribution in [1.29, 1.82) is 0 Å². The number of hydrogen-bond acceptors (Lipinski definition) is 11. The van der Waals surface area contributed by atoms with Gasteiger partial charge in [-0.3, -0.25) is 24.6 Å². The lowest BCUT2D eigenvalue weighted by Crippen LogP contribution is -2.70. The highest BCUT2D eigenvalue weighted by molar-refractivity contribution is 6.24. The number of amides is 2. The largest absolute Gasteiger partial charge is 0.508 e. The summed E-state index contributed by atoms with van der Waals surface area (Å²) in [5.41, 5.74) is 0.724. The average molecular weight is 546 g/mol. The summed E-state index contributed by atoms with van der Waals surface area (Å²) in [5.74, 6) is -9.93. The van der Waals surface area contributed by atoms with Crippen LogP contribution in [-0.2, 0) is 19.1 Å². The topological polar surface area (TPSA) is 220 Å². The van der Waals surface area contributed by atoms with E-state index in [2.05, 4.69) is 5.32 Å². The molecule has 0 aliphatic heterocycles. The predicted octanol–water partition coefficient (Wildman–Crippen LogP) is 0.454. The molecule has 0 spiro atoms. The number of aromatic hydroxyl groups is 1. The third kappa shape index (κ3) is 3.87. The quantitative estimate of drug-likeness (QED) is 0.199. The van der Waals surface area contributed by atoms with Crippen molar-refractivity contribution in [1.82, 2.24) is 4.90 Å². The van der Waals surface area contributed by atoms with E-state index in [1.807, 2.05) is 0 Å². The highest BCUT2D eigenvalue weighted by Crippen LogP contribution is 2.56. The van der Waals surface area contributed by atoms with Gasteiger partial charge in [-0.25, -0.2) is 4.79 Å². The highest BCUT2D eigenvalue weighted by atomic mass is 16.5. The second-order valence-corrected chi connectivity index (χ2v) is 10.2. The Labute approximate surface area is 223 Å². The number of Topliss-reactive ketones (excluding diaryl/α,β-unsaturated/α-hetero) is 2. The second kappa shape index (κ2) is 9.67. The molecule has 1 fully saturated rings. The number of primary amides is 1. The maximum absolute atomic E-state index is 13.9. The third-order valence-electron chi connectivity index (χ3n) is 7.80. The molecule has 0 bridgehead atoms. The van der Waals surface area contributed by atoms with Gasteiger partial charge in [0.2, 0.25) is 5.78 Å². The number of nitrogens with one attached hydrogen (secondary N) is 1. The van der Waals surface area contributed by atoms with E-state index < -0.39 is 87.5 Å². The zero-order valence-electron chi connectivity index (χ0n) is 21.8. The van der Waals surface area contributed by atoms with Gasteiger partial charge in [0.1, 0.15) is 22.8 Å². The fourth-order valence-electron chi connectivity index (χ4n) is 6.06. The van der Waals surface area contributed by atoms with Crippen LogP contribution in [0.3, 0.4) is 0 Å². The standard InChI is InChI=1S/C26H31N3O10/c1-5-8-39-25(37)28-11-7-6-10-9(2)12-14(19(31)13(10)18(11)30)22(34)26(38)16(20(12)32)17(29(3)4)21(33)15(23(26)35)24(27)36/h6-7,9,12,16-17,20,30-32,35,38H,5,8H2,1-4H3,(H2,27,36)(H,28,37).